The second-order valence-electron chi connectivity index (χ2n) is 7.55. The summed E-state index contributed by atoms with van der Waals surface area (Å²) < 4.78 is 1.58. The molecule has 5 nitrogen and oxygen atoms in total. The summed E-state index contributed by atoms with van der Waals surface area (Å²) in [5.74, 6) is 0. The van der Waals surface area contributed by atoms with Gasteiger partial charge in [-0.15, -0.1) is 0 Å². The Morgan fingerprint density at radius 1 is 1.04 bits per heavy atom. The first-order chi connectivity index (χ1) is 13.0. The molecule has 4 rings (SSSR count). The first kappa shape index (κ1) is 17.3. The molecule has 1 unspecified atom stereocenters. The summed E-state index contributed by atoms with van der Waals surface area (Å²) in [6.07, 6.45) is 2.69. The minimum Gasteiger partial charge on any atom is -0.332 e. The summed E-state index contributed by atoms with van der Waals surface area (Å²) >= 11 is 0. The number of urea groups is 1. The molecule has 5 heteroatoms. The van der Waals surface area contributed by atoms with Gasteiger partial charge in [-0.25, -0.2) is 4.79 Å². The number of rotatable bonds is 2. The van der Waals surface area contributed by atoms with Gasteiger partial charge >= 0.3 is 6.03 Å². The van der Waals surface area contributed by atoms with Crippen molar-refractivity contribution >= 4 is 22.6 Å². The quantitative estimate of drug-likeness (QED) is 0.732. The summed E-state index contributed by atoms with van der Waals surface area (Å²) in [6, 6.07) is 17.0. The van der Waals surface area contributed by atoms with Crippen LogP contribution in [-0.4, -0.2) is 16.1 Å². The maximum Gasteiger partial charge on any atom is 0.319 e. The Balaban J connectivity index is 1.55. The van der Waals surface area contributed by atoms with E-state index in [1.807, 2.05) is 24.3 Å². The molecule has 1 aliphatic carbocycles. The first-order valence-corrected chi connectivity index (χ1v) is 9.20. The fraction of sp³-hybridized carbons (Fsp3) is 0.273. The summed E-state index contributed by atoms with van der Waals surface area (Å²) in [5.41, 5.74) is 3.80. The third kappa shape index (κ3) is 3.33. The standard InChI is InChI=1S/C22H23N3O2/c1-22(13-12-15-6-3-4-7-16(15)14-22)24-21(27)23-18-8-5-9-19-17(18)10-11-20(26)25(19)2/h3-11H,12-14H2,1-2H3,(H2,23,24,27). The van der Waals surface area contributed by atoms with Crippen LogP contribution in [0.3, 0.4) is 0 Å². The number of fused-ring (bicyclic) bond motifs is 2. The molecule has 0 radical (unpaired) electrons. The van der Waals surface area contributed by atoms with Gasteiger partial charge in [0.25, 0.3) is 5.56 Å². The highest BCUT2D eigenvalue weighted by atomic mass is 16.2. The number of benzene rings is 2. The van der Waals surface area contributed by atoms with Gasteiger partial charge in [-0.3, -0.25) is 4.79 Å². The van der Waals surface area contributed by atoms with Crippen molar-refractivity contribution in [1.29, 1.82) is 0 Å². The number of hydrogen-bond donors (Lipinski definition) is 2. The maximum atomic E-state index is 12.7. The van der Waals surface area contributed by atoms with E-state index in [-0.39, 0.29) is 17.1 Å². The molecule has 2 amide bonds. The molecular weight excluding hydrogens is 338 g/mol. The number of anilines is 1. The van der Waals surface area contributed by atoms with E-state index in [0.29, 0.717) is 5.69 Å². The lowest BCUT2D eigenvalue weighted by atomic mass is 9.79. The van der Waals surface area contributed by atoms with E-state index < -0.39 is 0 Å². The Kier molecular flexibility index (Phi) is 4.22. The fourth-order valence-corrected chi connectivity index (χ4v) is 3.94. The average molecular weight is 361 g/mol. The molecule has 0 saturated carbocycles. The first-order valence-electron chi connectivity index (χ1n) is 9.20. The number of carbonyl (C=O) groups is 1. The Labute approximate surface area is 158 Å². The minimum atomic E-state index is -0.282. The van der Waals surface area contributed by atoms with Gasteiger partial charge in [0.2, 0.25) is 0 Å². The number of nitrogens with one attached hydrogen (secondary N) is 2. The van der Waals surface area contributed by atoms with Crippen LogP contribution in [0, 0.1) is 0 Å². The second-order valence-corrected chi connectivity index (χ2v) is 7.55. The van der Waals surface area contributed by atoms with Crippen molar-refractivity contribution in [1.82, 2.24) is 9.88 Å². The zero-order chi connectivity index (χ0) is 19.0. The molecule has 0 fully saturated rings. The SMILES string of the molecule is Cn1c(=O)ccc2c(NC(=O)NC3(C)CCc4ccccc4C3)cccc21. The Morgan fingerprint density at radius 3 is 2.63 bits per heavy atom. The van der Waals surface area contributed by atoms with Crippen molar-refractivity contribution in [2.45, 2.75) is 31.7 Å². The van der Waals surface area contributed by atoms with Gasteiger partial charge < -0.3 is 15.2 Å². The summed E-state index contributed by atoms with van der Waals surface area (Å²) in [7, 11) is 1.73. The van der Waals surface area contributed by atoms with Crippen LogP contribution in [0.1, 0.15) is 24.5 Å². The van der Waals surface area contributed by atoms with Crippen LogP contribution in [0.15, 0.2) is 59.4 Å². The number of aromatic nitrogens is 1. The number of pyridine rings is 1. The van der Waals surface area contributed by atoms with E-state index in [4.69, 9.17) is 0 Å². The zero-order valence-corrected chi connectivity index (χ0v) is 15.6. The van der Waals surface area contributed by atoms with E-state index in [0.717, 1.165) is 30.2 Å². The molecule has 0 bridgehead atoms. The van der Waals surface area contributed by atoms with Crippen LogP contribution in [0.25, 0.3) is 10.9 Å². The molecule has 2 aromatic carbocycles. The van der Waals surface area contributed by atoms with Gasteiger partial charge in [0.05, 0.1) is 11.2 Å². The molecule has 1 atom stereocenters. The molecule has 1 aromatic heterocycles. The molecule has 1 heterocycles. The Morgan fingerprint density at radius 2 is 1.81 bits per heavy atom. The normalized spacial score (nSPS) is 18.7. The highest BCUT2D eigenvalue weighted by Gasteiger charge is 2.31. The lowest BCUT2D eigenvalue weighted by Crippen LogP contribution is -2.51. The molecule has 2 N–H and O–H groups in total. The van der Waals surface area contributed by atoms with Crippen molar-refractivity contribution in [3.05, 3.63) is 76.1 Å². The minimum absolute atomic E-state index is 0.0718. The highest BCUT2D eigenvalue weighted by Crippen LogP contribution is 2.29. The molecule has 0 spiro atoms. The van der Waals surface area contributed by atoms with Crippen molar-refractivity contribution in [3.63, 3.8) is 0 Å². The molecular formula is C22H23N3O2. The fourth-order valence-electron chi connectivity index (χ4n) is 3.94. The third-order valence-electron chi connectivity index (χ3n) is 5.48. The summed E-state index contributed by atoms with van der Waals surface area (Å²) in [6.45, 7) is 2.09. The van der Waals surface area contributed by atoms with E-state index in [1.165, 1.54) is 17.2 Å². The molecule has 1 aliphatic rings. The number of aryl methyl sites for hydroxylation is 2. The maximum absolute atomic E-state index is 12.7. The average Bonchev–Trinajstić information content (AvgIpc) is 2.64. The molecule has 138 valence electrons. The smallest absolute Gasteiger partial charge is 0.319 e. The largest absolute Gasteiger partial charge is 0.332 e. The van der Waals surface area contributed by atoms with Crippen LogP contribution < -0.4 is 16.2 Å². The predicted molar refractivity (Wildman–Crippen MR) is 108 cm³/mol. The monoisotopic (exact) mass is 361 g/mol. The predicted octanol–water partition coefficient (Wildman–Crippen LogP) is 3.61. The lowest BCUT2D eigenvalue weighted by Gasteiger charge is -2.35. The van der Waals surface area contributed by atoms with Crippen molar-refractivity contribution in [3.8, 4) is 0 Å². The van der Waals surface area contributed by atoms with Crippen molar-refractivity contribution < 1.29 is 4.79 Å². The summed E-state index contributed by atoms with van der Waals surface area (Å²) in [5, 5.41) is 6.96. The highest BCUT2D eigenvalue weighted by molar-refractivity contribution is 6.00. The van der Waals surface area contributed by atoms with Gasteiger partial charge in [0, 0.05) is 24.0 Å². The lowest BCUT2D eigenvalue weighted by molar-refractivity contribution is 0.234. The van der Waals surface area contributed by atoms with E-state index >= 15 is 0 Å². The topological polar surface area (TPSA) is 63.1 Å². The van der Waals surface area contributed by atoms with Gasteiger partial charge in [-0.2, -0.15) is 0 Å². The van der Waals surface area contributed by atoms with E-state index in [1.54, 1.807) is 17.7 Å². The Bertz CT molecular complexity index is 1090. The molecule has 27 heavy (non-hydrogen) atoms. The van der Waals surface area contributed by atoms with Crippen molar-refractivity contribution in [2.24, 2.45) is 7.05 Å². The number of carbonyl (C=O) groups excluding carboxylic acids is 1. The van der Waals surface area contributed by atoms with Crippen LogP contribution in [-0.2, 0) is 19.9 Å². The van der Waals surface area contributed by atoms with Crippen LogP contribution in [0.4, 0.5) is 10.5 Å². The van der Waals surface area contributed by atoms with Crippen molar-refractivity contribution in [2.75, 3.05) is 5.32 Å². The molecule has 0 aliphatic heterocycles. The molecule has 0 saturated heterocycles. The summed E-state index contributed by atoms with van der Waals surface area (Å²) in [4.78, 5) is 24.5. The third-order valence-corrected chi connectivity index (χ3v) is 5.48. The van der Waals surface area contributed by atoms with Gasteiger partial charge in [-0.1, -0.05) is 30.3 Å². The van der Waals surface area contributed by atoms with E-state index in [9.17, 15) is 9.59 Å². The van der Waals surface area contributed by atoms with Crippen LogP contribution >= 0.6 is 0 Å². The van der Waals surface area contributed by atoms with Gasteiger partial charge in [-0.05, 0) is 55.5 Å². The molecule has 3 aromatic rings. The zero-order valence-electron chi connectivity index (χ0n) is 15.6. The van der Waals surface area contributed by atoms with Crippen LogP contribution in [0.5, 0.6) is 0 Å². The number of hydrogen-bond acceptors (Lipinski definition) is 2. The second kappa shape index (κ2) is 6.58. The number of amides is 2. The van der Waals surface area contributed by atoms with Crippen LogP contribution in [0.2, 0.25) is 0 Å². The van der Waals surface area contributed by atoms with Gasteiger partial charge in [0.15, 0.2) is 0 Å². The Hall–Kier alpha value is -3.08. The van der Waals surface area contributed by atoms with Gasteiger partial charge in [0.1, 0.15) is 0 Å². The van der Waals surface area contributed by atoms with E-state index in [2.05, 4.69) is 35.8 Å². The number of nitrogens with zero attached hydrogens (tertiary/aromatic N) is 1.